The van der Waals surface area contributed by atoms with Crippen molar-refractivity contribution in [2.24, 2.45) is 0 Å². The quantitative estimate of drug-likeness (QED) is 0.906. The second-order valence-electron chi connectivity index (χ2n) is 5.32. The van der Waals surface area contributed by atoms with Crippen LogP contribution >= 0.6 is 0 Å². The van der Waals surface area contributed by atoms with Crippen LogP contribution in [-0.2, 0) is 16.6 Å². The summed E-state index contributed by atoms with van der Waals surface area (Å²) in [7, 11) is 0. The number of hydrogen-bond acceptors (Lipinski definition) is 3. The molecule has 102 valence electrons. The lowest BCUT2D eigenvalue weighted by Gasteiger charge is -2.25. The van der Waals surface area contributed by atoms with Gasteiger partial charge in [-0.1, -0.05) is 13.0 Å². The van der Waals surface area contributed by atoms with Crippen LogP contribution < -0.4 is 9.47 Å². The summed E-state index contributed by atoms with van der Waals surface area (Å²) >= 11 is 0. The van der Waals surface area contributed by atoms with Gasteiger partial charge in [-0.3, -0.25) is 4.79 Å². The molecule has 1 fully saturated rings. The van der Waals surface area contributed by atoms with Gasteiger partial charge in [0.05, 0.1) is 6.42 Å². The number of rotatable bonds is 4. The van der Waals surface area contributed by atoms with E-state index < -0.39 is 5.97 Å². The Labute approximate surface area is 112 Å². The van der Waals surface area contributed by atoms with E-state index in [9.17, 15) is 4.79 Å². The van der Waals surface area contributed by atoms with Gasteiger partial charge in [0.1, 0.15) is 13.2 Å². The van der Waals surface area contributed by atoms with Crippen LogP contribution in [0, 0.1) is 0 Å². The van der Waals surface area contributed by atoms with Crippen molar-refractivity contribution in [3.63, 3.8) is 0 Å². The number of carbonyl (C=O) groups is 1. The topological polar surface area (TPSA) is 55.8 Å². The summed E-state index contributed by atoms with van der Waals surface area (Å²) in [5.41, 5.74) is 2.09. The summed E-state index contributed by atoms with van der Waals surface area (Å²) in [4.78, 5) is 11.1. The van der Waals surface area contributed by atoms with Gasteiger partial charge in [-0.15, -0.1) is 0 Å². The van der Waals surface area contributed by atoms with E-state index in [0.717, 1.165) is 41.9 Å². The average molecular weight is 262 g/mol. The molecule has 1 heterocycles. The third-order valence-electron chi connectivity index (χ3n) is 4.08. The number of aliphatic carboxylic acids is 1. The zero-order valence-electron chi connectivity index (χ0n) is 11.1. The summed E-state index contributed by atoms with van der Waals surface area (Å²) in [6, 6.07) is 3.95. The molecule has 4 nitrogen and oxygen atoms in total. The molecule has 1 aromatic rings. The van der Waals surface area contributed by atoms with Gasteiger partial charge < -0.3 is 14.6 Å². The first-order valence-electron chi connectivity index (χ1n) is 6.80. The monoisotopic (exact) mass is 262 g/mol. The number of benzene rings is 1. The molecule has 1 saturated carbocycles. The highest BCUT2D eigenvalue weighted by atomic mass is 16.6. The smallest absolute Gasteiger partial charge is 0.304 e. The van der Waals surface area contributed by atoms with Crippen LogP contribution in [0.15, 0.2) is 12.1 Å². The minimum atomic E-state index is -0.727. The van der Waals surface area contributed by atoms with Gasteiger partial charge in [-0.25, -0.2) is 0 Å². The Kier molecular flexibility index (Phi) is 2.88. The van der Waals surface area contributed by atoms with Crippen molar-refractivity contribution in [3.05, 3.63) is 23.3 Å². The molecule has 2 aliphatic rings. The molecule has 4 heteroatoms. The van der Waals surface area contributed by atoms with E-state index in [1.807, 2.05) is 12.1 Å². The molecule has 19 heavy (non-hydrogen) atoms. The summed E-state index contributed by atoms with van der Waals surface area (Å²) in [6.07, 6.45) is 2.95. The summed E-state index contributed by atoms with van der Waals surface area (Å²) in [5, 5.41) is 9.10. The highest BCUT2D eigenvalue weighted by Crippen LogP contribution is 2.54. The molecule has 1 N–H and O–H groups in total. The third kappa shape index (κ3) is 2.05. The Morgan fingerprint density at radius 1 is 1.32 bits per heavy atom. The number of carboxylic acid groups (broad SMARTS) is 1. The minimum absolute atomic E-state index is 0.174. The van der Waals surface area contributed by atoms with Crippen molar-refractivity contribution in [2.75, 3.05) is 13.2 Å². The van der Waals surface area contributed by atoms with E-state index >= 15 is 0 Å². The molecule has 0 amide bonds. The lowest BCUT2D eigenvalue weighted by Crippen LogP contribution is -2.20. The lowest BCUT2D eigenvalue weighted by molar-refractivity contribution is -0.137. The predicted molar refractivity (Wildman–Crippen MR) is 70.0 cm³/mol. The third-order valence-corrected chi connectivity index (χ3v) is 4.08. The molecule has 0 aromatic heterocycles. The zero-order valence-corrected chi connectivity index (χ0v) is 11.1. The number of ether oxygens (including phenoxy) is 2. The molecule has 1 aliphatic heterocycles. The van der Waals surface area contributed by atoms with Gasteiger partial charge >= 0.3 is 5.97 Å². The lowest BCUT2D eigenvalue weighted by atomic mass is 9.87. The fourth-order valence-electron chi connectivity index (χ4n) is 3.00. The highest BCUT2D eigenvalue weighted by molar-refractivity contribution is 5.71. The molecule has 0 spiro atoms. The Morgan fingerprint density at radius 3 is 2.68 bits per heavy atom. The Bertz CT molecular complexity index is 517. The van der Waals surface area contributed by atoms with E-state index in [-0.39, 0.29) is 11.8 Å². The molecule has 3 rings (SSSR count). The highest BCUT2D eigenvalue weighted by Gasteiger charge is 2.47. The summed E-state index contributed by atoms with van der Waals surface area (Å²) in [6.45, 7) is 3.22. The molecule has 0 atom stereocenters. The van der Waals surface area contributed by atoms with Gasteiger partial charge in [0.15, 0.2) is 11.5 Å². The number of carboxylic acids is 1. The average Bonchev–Trinajstić information content (AvgIpc) is 3.17. The van der Waals surface area contributed by atoms with Gasteiger partial charge in [0, 0.05) is 11.0 Å². The van der Waals surface area contributed by atoms with Crippen LogP contribution in [0.25, 0.3) is 0 Å². The van der Waals surface area contributed by atoms with Crippen LogP contribution in [0.5, 0.6) is 11.5 Å². The number of fused-ring (bicyclic) bond motifs is 1. The summed E-state index contributed by atoms with van der Waals surface area (Å²) < 4.78 is 11.3. The van der Waals surface area contributed by atoms with Crippen LogP contribution in [0.3, 0.4) is 0 Å². The largest absolute Gasteiger partial charge is 0.486 e. The fourth-order valence-corrected chi connectivity index (χ4v) is 3.00. The molecule has 0 radical (unpaired) electrons. The normalized spacial score (nSPS) is 19.0. The second kappa shape index (κ2) is 4.44. The molecule has 0 bridgehead atoms. The first-order valence-corrected chi connectivity index (χ1v) is 6.80. The SMILES string of the molecule is CCc1c(C2(CC(=O)O)CC2)ccc2c1OCCO2. The van der Waals surface area contributed by atoms with Gasteiger partial charge in [-0.2, -0.15) is 0 Å². The predicted octanol–water partition coefficient (Wildman–Crippen LogP) is 2.53. The van der Waals surface area contributed by atoms with Crippen molar-refractivity contribution in [3.8, 4) is 11.5 Å². The van der Waals surface area contributed by atoms with E-state index in [1.165, 1.54) is 0 Å². The number of hydrogen-bond donors (Lipinski definition) is 1. The molecule has 1 aromatic carbocycles. The van der Waals surface area contributed by atoms with E-state index in [0.29, 0.717) is 13.2 Å². The molecular weight excluding hydrogens is 244 g/mol. The Hall–Kier alpha value is -1.71. The van der Waals surface area contributed by atoms with Crippen molar-refractivity contribution in [2.45, 2.75) is 38.0 Å². The molecule has 0 unspecified atom stereocenters. The maximum atomic E-state index is 11.1. The van der Waals surface area contributed by atoms with E-state index in [4.69, 9.17) is 14.6 Å². The van der Waals surface area contributed by atoms with Gasteiger partial charge in [-0.05, 0) is 30.9 Å². The van der Waals surface area contributed by atoms with E-state index in [1.54, 1.807) is 0 Å². The van der Waals surface area contributed by atoms with Gasteiger partial charge in [0.25, 0.3) is 0 Å². The van der Waals surface area contributed by atoms with Crippen molar-refractivity contribution >= 4 is 5.97 Å². The standard InChI is InChI=1S/C15H18O4/c1-2-10-11(15(5-6-15)9-13(16)17)3-4-12-14(10)19-8-7-18-12/h3-4H,2,5-9H2,1H3,(H,16,17). The fraction of sp³-hybridized carbons (Fsp3) is 0.533. The maximum Gasteiger partial charge on any atom is 0.304 e. The van der Waals surface area contributed by atoms with Crippen LogP contribution in [0.4, 0.5) is 0 Å². The van der Waals surface area contributed by atoms with Crippen molar-refractivity contribution in [1.29, 1.82) is 0 Å². The molecule has 1 aliphatic carbocycles. The first kappa shape index (κ1) is 12.3. The van der Waals surface area contributed by atoms with Crippen LogP contribution in [0.1, 0.15) is 37.3 Å². The minimum Gasteiger partial charge on any atom is -0.486 e. The van der Waals surface area contributed by atoms with Crippen molar-refractivity contribution in [1.82, 2.24) is 0 Å². The van der Waals surface area contributed by atoms with E-state index in [2.05, 4.69) is 6.92 Å². The second-order valence-corrected chi connectivity index (χ2v) is 5.32. The Balaban J connectivity index is 2.04. The first-order chi connectivity index (χ1) is 9.16. The van der Waals surface area contributed by atoms with Crippen LogP contribution in [-0.4, -0.2) is 24.3 Å². The Morgan fingerprint density at radius 2 is 2.05 bits per heavy atom. The molecule has 0 saturated heterocycles. The van der Waals surface area contributed by atoms with Crippen LogP contribution in [0.2, 0.25) is 0 Å². The van der Waals surface area contributed by atoms with Crippen molar-refractivity contribution < 1.29 is 19.4 Å². The summed E-state index contributed by atoms with van der Waals surface area (Å²) in [5.74, 6) is 0.885. The zero-order chi connectivity index (χ0) is 13.5. The maximum absolute atomic E-state index is 11.1. The van der Waals surface area contributed by atoms with Gasteiger partial charge in [0.2, 0.25) is 0 Å². The molecular formula is C15H18O4.